The van der Waals surface area contributed by atoms with Gasteiger partial charge in [-0.2, -0.15) is 0 Å². The molecule has 1 amide bonds. The van der Waals surface area contributed by atoms with Gasteiger partial charge in [0.05, 0.1) is 20.1 Å². The van der Waals surface area contributed by atoms with Crippen LogP contribution in [0.15, 0.2) is 18.2 Å². The molecule has 0 aliphatic rings. The first kappa shape index (κ1) is 13.5. The third-order valence-electron chi connectivity index (χ3n) is 2.45. The first-order chi connectivity index (χ1) is 8.17. The fraction of sp³-hybridized carbons (Fsp3) is 0.462. The molecule has 94 valence electrons. The highest BCUT2D eigenvalue weighted by molar-refractivity contribution is 5.78. The summed E-state index contributed by atoms with van der Waals surface area (Å²) in [5.74, 6) is 0.847. The molecule has 1 aromatic rings. The number of amides is 1. The van der Waals surface area contributed by atoms with E-state index in [0.717, 1.165) is 16.9 Å². The summed E-state index contributed by atoms with van der Waals surface area (Å²) in [6, 6.07) is 5.75. The maximum absolute atomic E-state index is 11.6. The van der Waals surface area contributed by atoms with Crippen molar-refractivity contribution in [3.05, 3.63) is 29.3 Å². The van der Waals surface area contributed by atoms with Crippen molar-refractivity contribution in [2.24, 2.45) is 0 Å². The molecule has 0 aromatic heterocycles. The minimum atomic E-state index is 0.00613. The summed E-state index contributed by atoms with van der Waals surface area (Å²) in [5, 5.41) is 2.78. The lowest BCUT2D eigenvalue weighted by Crippen LogP contribution is -2.28. The van der Waals surface area contributed by atoms with Gasteiger partial charge in [0.15, 0.2) is 0 Å². The Kier molecular flexibility index (Phi) is 5.49. The molecule has 1 rings (SSSR count). The standard InChI is InChI=1S/C13H19NO3/c1-10-8-11(4-5-12(10)17-3)9-13(15)14-6-7-16-2/h4-5,8H,6-7,9H2,1-3H3,(H,14,15). The molecule has 1 aromatic carbocycles. The van der Waals surface area contributed by atoms with Crippen molar-refractivity contribution >= 4 is 5.91 Å². The van der Waals surface area contributed by atoms with Crippen LogP contribution in [0.4, 0.5) is 0 Å². The first-order valence-corrected chi connectivity index (χ1v) is 5.56. The zero-order valence-electron chi connectivity index (χ0n) is 10.6. The second-order valence-electron chi connectivity index (χ2n) is 3.82. The summed E-state index contributed by atoms with van der Waals surface area (Å²) in [6.07, 6.45) is 0.383. The lowest BCUT2D eigenvalue weighted by atomic mass is 10.1. The fourth-order valence-electron chi connectivity index (χ4n) is 1.59. The van der Waals surface area contributed by atoms with Gasteiger partial charge < -0.3 is 14.8 Å². The van der Waals surface area contributed by atoms with Gasteiger partial charge >= 0.3 is 0 Å². The Morgan fingerprint density at radius 2 is 2.12 bits per heavy atom. The largest absolute Gasteiger partial charge is 0.496 e. The highest BCUT2D eigenvalue weighted by Crippen LogP contribution is 2.18. The van der Waals surface area contributed by atoms with E-state index in [0.29, 0.717) is 19.6 Å². The maximum Gasteiger partial charge on any atom is 0.224 e. The summed E-state index contributed by atoms with van der Waals surface area (Å²) >= 11 is 0. The Bertz CT molecular complexity index is 377. The third-order valence-corrected chi connectivity index (χ3v) is 2.45. The van der Waals surface area contributed by atoms with Crippen LogP contribution in [0.1, 0.15) is 11.1 Å². The molecule has 0 fully saturated rings. The molecule has 0 aliphatic carbocycles. The minimum Gasteiger partial charge on any atom is -0.496 e. The molecule has 0 aliphatic heterocycles. The molecule has 17 heavy (non-hydrogen) atoms. The van der Waals surface area contributed by atoms with Gasteiger partial charge in [0.2, 0.25) is 5.91 Å². The predicted octanol–water partition coefficient (Wildman–Crippen LogP) is 1.31. The summed E-state index contributed by atoms with van der Waals surface area (Å²) in [6.45, 7) is 3.04. The molecule has 0 atom stereocenters. The van der Waals surface area contributed by atoms with Gasteiger partial charge in [-0.1, -0.05) is 12.1 Å². The second-order valence-corrected chi connectivity index (χ2v) is 3.82. The molecular formula is C13H19NO3. The van der Waals surface area contributed by atoms with Crippen LogP contribution >= 0.6 is 0 Å². The van der Waals surface area contributed by atoms with E-state index in [9.17, 15) is 4.79 Å². The van der Waals surface area contributed by atoms with Crippen LogP contribution in [-0.2, 0) is 16.0 Å². The van der Waals surface area contributed by atoms with Crippen LogP contribution in [0, 0.1) is 6.92 Å². The molecule has 0 spiro atoms. The van der Waals surface area contributed by atoms with Gasteiger partial charge in [0.25, 0.3) is 0 Å². The summed E-state index contributed by atoms with van der Waals surface area (Å²) in [7, 11) is 3.25. The molecule has 4 nitrogen and oxygen atoms in total. The molecule has 0 heterocycles. The second kappa shape index (κ2) is 6.91. The van der Waals surface area contributed by atoms with Crippen molar-refractivity contribution in [2.45, 2.75) is 13.3 Å². The third kappa shape index (κ3) is 4.44. The van der Waals surface area contributed by atoms with Gasteiger partial charge in [0.1, 0.15) is 5.75 Å². The Labute approximate surface area is 102 Å². The number of methoxy groups -OCH3 is 2. The number of carbonyl (C=O) groups excluding carboxylic acids is 1. The topological polar surface area (TPSA) is 47.6 Å². The van der Waals surface area contributed by atoms with Crippen molar-refractivity contribution < 1.29 is 14.3 Å². The molecule has 0 saturated heterocycles. The monoisotopic (exact) mass is 237 g/mol. The van der Waals surface area contributed by atoms with Gasteiger partial charge in [-0.25, -0.2) is 0 Å². The number of aryl methyl sites for hydroxylation is 1. The Hall–Kier alpha value is -1.55. The Morgan fingerprint density at radius 3 is 2.71 bits per heavy atom. The van der Waals surface area contributed by atoms with Crippen LogP contribution in [0.2, 0.25) is 0 Å². The lowest BCUT2D eigenvalue weighted by molar-refractivity contribution is -0.120. The molecule has 4 heteroatoms. The van der Waals surface area contributed by atoms with Crippen LogP contribution < -0.4 is 10.1 Å². The molecule has 0 unspecified atom stereocenters. The van der Waals surface area contributed by atoms with Gasteiger partial charge in [-0.05, 0) is 24.1 Å². The van der Waals surface area contributed by atoms with Gasteiger partial charge in [0, 0.05) is 13.7 Å². The van der Waals surface area contributed by atoms with Crippen molar-refractivity contribution in [1.82, 2.24) is 5.32 Å². The summed E-state index contributed by atoms with van der Waals surface area (Å²) in [4.78, 5) is 11.6. The lowest BCUT2D eigenvalue weighted by Gasteiger charge is -2.08. The quantitative estimate of drug-likeness (QED) is 0.759. The van der Waals surface area contributed by atoms with Crippen molar-refractivity contribution in [3.8, 4) is 5.75 Å². The van der Waals surface area contributed by atoms with E-state index >= 15 is 0 Å². The number of nitrogens with one attached hydrogen (secondary N) is 1. The van der Waals surface area contributed by atoms with E-state index in [1.54, 1.807) is 14.2 Å². The van der Waals surface area contributed by atoms with Gasteiger partial charge in [-0.15, -0.1) is 0 Å². The normalized spacial score (nSPS) is 10.1. The smallest absolute Gasteiger partial charge is 0.224 e. The van der Waals surface area contributed by atoms with E-state index in [4.69, 9.17) is 9.47 Å². The SMILES string of the molecule is COCCNC(=O)Cc1ccc(OC)c(C)c1. The zero-order valence-corrected chi connectivity index (χ0v) is 10.6. The van der Waals surface area contributed by atoms with E-state index in [-0.39, 0.29) is 5.91 Å². The van der Waals surface area contributed by atoms with Crippen LogP contribution in [0.25, 0.3) is 0 Å². The first-order valence-electron chi connectivity index (χ1n) is 5.56. The highest BCUT2D eigenvalue weighted by Gasteiger charge is 2.05. The summed E-state index contributed by atoms with van der Waals surface area (Å²) < 4.78 is 10.0. The molecule has 1 N–H and O–H groups in total. The Balaban J connectivity index is 2.51. The highest BCUT2D eigenvalue weighted by atomic mass is 16.5. The molecule has 0 saturated carbocycles. The van der Waals surface area contributed by atoms with Crippen molar-refractivity contribution in [1.29, 1.82) is 0 Å². The average molecular weight is 237 g/mol. The average Bonchev–Trinajstić information content (AvgIpc) is 2.29. The fourth-order valence-corrected chi connectivity index (χ4v) is 1.59. The number of carbonyl (C=O) groups is 1. The van der Waals surface area contributed by atoms with Crippen LogP contribution in [0.5, 0.6) is 5.75 Å². The maximum atomic E-state index is 11.6. The molecule has 0 bridgehead atoms. The number of ether oxygens (including phenoxy) is 2. The van der Waals surface area contributed by atoms with E-state index in [2.05, 4.69) is 5.32 Å². The number of hydrogen-bond acceptors (Lipinski definition) is 3. The Morgan fingerprint density at radius 1 is 1.35 bits per heavy atom. The number of hydrogen-bond donors (Lipinski definition) is 1. The van der Waals surface area contributed by atoms with Crippen LogP contribution in [0.3, 0.4) is 0 Å². The van der Waals surface area contributed by atoms with Crippen LogP contribution in [-0.4, -0.2) is 33.3 Å². The van der Waals surface area contributed by atoms with Crippen molar-refractivity contribution in [3.63, 3.8) is 0 Å². The molecular weight excluding hydrogens is 218 g/mol. The minimum absolute atomic E-state index is 0.00613. The van der Waals surface area contributed by atoms with Gasteiger partial charge in [-0.3, -0.25) is 4.79 Å². The number of benzene rings is 1. The summed E-state index contributed by atoms with van der Waals surface area (Å²) in [5.41, 5.74) is 2.02. The van der Waals surface area contributed by atoms with E-state index in [1.165, 1.54) is 0 Å². The number of rotatable bonds is 6. The van der Waals surface area contributed by atoms with E-state index in [1.807, 2.05) is 25.1 Å². The predicted molar refractivity (Wildman–Crippen MR) is 66.3 cm³/mol. The van der Waals surface area contributed by atoms with E-state index < -0.39 is 0 Å². The van der Waals surface area contributed by atoms with Crippen molar-refractivity contribution in [2.75, 3.05) is 27.4 Å². The zero-order chi connectivity index (χ0) is 12.7. The molecule has 0 radical (unpaired) electrons.